The average Bonchev–Trinajstić information content (AvgIpc) is 3.64. The van der Waals surface area contributed by atoms with Crippen molar-refractivity contribution in [2.45, 2.75) is 24.6 Å². The minimum Gasteiger partial charge on any atom is -0.463 e. The molecule has 1 atom stereocenters. The van der Waals surface area contributed by atoms with Crippen LogP contribution < -0.4 is 4.90 Å². The van der Waals surface area contributed by atoms with Crippen molar-refractivity contribution >= 4 is 34.0 Å². The van der Waals surface area contributed by atoms with Gasteiger partial charge in [0.05, 0.1) is 6.26 Å². The number of hydrogen-bond acceptors (Lipinski definition) is 6. The molecular weight excluding hydrogens is 448 g/mol. The highest BCUT2D eigenvalue weighted by Gasteiger charge is 2.25. The zero-order chi connectivity index (χ0) is 22.5. The van der Waals surface area contributed by atoms with E-state index in [4.69, 9.17) is 9.40 Å². The van der Waals surface area contributed by atoms with Gasteiger partial charge in [0.1, 0.15) is 10.6 Å². The second-order valence-corrected chi connectivity index (χ2v) is 10.1. The molecular formula is C27H24N2O2S2. The number of furan rings is 1. The Balaban J connectivity index is 1.50. The number of carbonyl (C=O) groups excluding carboxylic acids is 1. The number of carbonyl (C=O) groups is 1. The number of allylic oxidation sites excluding steroid dienone is 1. The maximum atomic E-state index is 13.4. The summed E-state index contributed by atoms with van der Waals surface area (Å²) in [5.41, 5.74) is 2.49. The van der Waals surface area contributed by atoms with Gasteiger partial charge in [-0.2, -0.15) is 0 Å². The molecule has 0 saturated carbocycles. The molecule has 4 aromatic rings. The molecule has 0 bridgehead atoms. The quantitative estimate of drug-likeness (QED) is 0.244. The van der Waals surface area contributed by atoms with E-state index in [1.807, 2.05) is 60.3 Å². The number of nitrogens with zero attached hydrogens (tertiary/aromatic N) is 2. The van der Waals surface area contributed by atoms with Gasteiger partial charge in [0.15, 0.2) is 10.9 Å². The van der Waals surface area contributed by atoms with Gasteiger partial charge in [-0.1, -0.05) is 78.1 Å². The van der Waals surface area contributed by atoms with Crippen molar-refractivity contribution in [3.8, 4) is 11.5 Å². The number of anilines is 1. The van der Waals surface area contributed by atoms with Crippen molar-refractivity contribution in [2.75, 3.05) is 11.4 Å². The molecule has 0 spiro atoms. The highest BCUT2D eigenvalue weighted by atomic mass is 32.2. The summed E-state index contributed by atoms with van der Waals surface area (Å²) in [6.07, 6.45) is 6.03. The summed E-state index contributed by atoms with van der Waals surface area (Å²) in [7, 11) is 0. The van der Waals surface area contributed by atoms with E-state index >= 15 is 0 Å². The van der Waals surface area contributed by atoms with Gasteiger partial charge in [0.25, 0.3) is 0 Å². The van der Waals surface area contributed by atoms with Crippen LogP contribution in [0.5, 0.6) is 0 Å². The van der Waals surface area contributed by atoms with Crippen LogP contribution in [-0.2, 0) is 6.54 Å². The summed E-state index contributed by atoms with van der Waals surface area (Å²) in [5, 5.41) is 3.64. The number of rotatable bonds is 9. The summed E-state index contributed by atoms with van der Waals surface area (Å²) in [4.78, 5) is 21.3. The van der Waals surface area contributed by atoms with Crippen LogP contribution in [0.25, 0.3) is 11.5 Å². The van der Waals surface area contributed by atoms with E-state index in [1.165, 1.54) is 16.9 Å². The third-order valence-electron chi connectivity index (χ3n) is 5.59. The first-order chi connectivity index (χ1) is 16.3. The predicted molar refractivity (Wildman–Crippen MR) is 137 cm³/mol. The monoisotopic (exact) mass is 472 g/mol. The number of aromatic nitrogens is 1. The number of hydrogen-bond donors (Lipinski definition) is 0. The Kier molecular flexibility index (Phi) is 6.74. The third-order valence-corrected chi connectivity index (χ3v) is 7.86. The lowest BCUT2D eigenvalue weighted by Crippen LogP contribution is -2.25. The Labute approximate surface area is 202 Å². The Bertz CT molecular complexity index is 1210. The van der Waals surface area contributed by atoms with Gasteiger partial charge in [-0.3, -0.25) is 4.79 Å². The zero-order valence-electron chi connectivity index (χ0n) is 18.1. The van der Waals surface area contributed by atoms with E-state index in [-0.39, 0.29) is 5.78 Å². The molecule has 1 aliphatic heterocycles. The normalized spacial score (nSPS) is 15.1. The van der Waals surface area contributed by atoms with Crippen LogP contribution in [-0.4, -0.2) is 22.6 Å². The molecule has 0 N–H and O–H groups in total. The highest BCUT2D eigenvalue weighted by Crippen LogP contribution is 2.36. The number of benzene rings is 2. The lowest BCUT2D eigenvalue weighted by molar-refractivity contribution is 0.104. The van der Waals surface area contributed by atoms with Gasteiger partial charge in [-0.25, -0.2) is 4.98 Å². The van der Waals surface area contributed by atoms with Gasteiger partial charge in [0.2, 0.25) is 5.78 Å². The van der Waals surface area contributed by atoms with Crippen molar-refractivity contribution < 1.29 is 9.21 Å². The fourth-order valence-corrected chi connectivity index (χ4v) is 5.83. The van der Waals surface area contributed by atoms with Crippen LogP contribution in [0.4, 0.5) is 5.13 Å². The van der Waals surface area contributed by atoms with Gasteiger partial charge >= 0.3 is 0 Å². The summed E-state index contributed by atoms with van der Waals surface area (Å²) < 4.78 is 5.66. The molecule has 0 radical (unpaired) electrons. The van der Waals surface area contributed by atoms with E-state index in [1.54, 1.807) is 6.26 Å². The zero-order valence-corrected chi connectivity index (χ0v) is 19.7. The van der Waals surface area contributed by atoms with Crippen LogP contribution in [0.2, 0.25) is 0 Å². The lowest BCUT2D eigenvalue weighted by atomic mass is 10.1. The van der Waals surface area contributed by atoms with Crippen molar-refractivity contribution in [1.82, 2.24) is 4.98 Å². The third kappa shape index (κ3) is 5.13. The molecule has 4 nitrogen and oxygen atoms in total. The molecule has 3 heterocycles. The molecule has 2 aromatic heterocycles. The largest absolute Gasteiger partial charge is 0.463 e. The van der Waals surface area contributed by atoms with Gasteiger partial charge < -0.3 is 9.32 Å². The van der Waals surface area contributed by atoms with E-state index in [0.29, 0.717) is 27.1 Å². The number of thiazole rings is 1. The maximum absolute atomic E-state index is 13.4. The van der Waals surface area contributed by atoms with Crippen LogP contribution in [0.15, 0.2) is 95.0 Å². The van der Waals surface area contributed by atoms with Gasteiger partial charge in [0, 0.05) is 23.9 Å². The van der Waals surface area contributed by atoms with Gasteiger partial charge in [-0.15, -0.1) is 11.8 Å². The van der Waals surface area contributed by atoms with Crippen LogP contribution in [0.1, 0.15) is 33.6 Å². The summed E-state index contributed by atoms with van der Waals surface area (Å²) in [6, 6.07) is 23.5. The van der Waals surface area contributed by atoms with Crippen molar-refractivity contribution in [3.63, 3.8) is 0 Å². The second-order valence-electron chi connectivity index (χ2n) is 7.91. The highest BCUT2D eigenvalue weighted by molar-refractivity contribution is 8.03. The molecule has 2 aromatic carbocycles. The minimum atomic E-state index is -0.0269. The molecule has 0 fully saturated rings. The molecule has 0 aliphatic carbocycles. The fourth-order valence-electron chi connectivity index (χ4n) is 3.86. The summed E-state index contributed by atoms with van der Waals surface area (Å²) >= 11 is 3.35. The van der Waals surface area contributed by atoms with Gasteiger partial charge in [-0.05, 0) is 35.9 Å². The van der Waals surface area contributed by atoms with Crippen molar-refractivity contribution in [2.24, 2.45) is 0 Å². The topological polar surface area (TPSA) is 46.3 Å². The molecule has 166 valence electrons. The average molecular weight is 473 g/mol. The van der Waals surface area contributed by atoms with E-state index < -0.39 is 0 Å². The van der Waals surface area contributed by atoms with Crippen LogP contribution in [0.3, 0.4) is 0 Å². The first kappa shape index (κ1) is 21.7. The Morgan fingerprint density at radius 3 is 2.52 bits per heavy atom. The Hall–Kier alpha value is -3.09. The molecule has 5 rings (SSSR count). The summed E-state index contributed by atoms with van der Waals surface area (Å²) in [5.74, 6) is 0.591. The SMILES string of the molecule is O=C(c1ccccc1)c1sc(N(CCC2CC=CS2)Cc2ccccc2)nc1-c1ccco1. The second kappa shape index (κ2) is 10.2. The summed E-state index contributed by atoms with van der Waals surface area (Å²) in [6.45, 7) is 1.62. The molecule has 0 saturated heterocycles. The predicted octanol–water partition coefficient (Wildman–Crippen LogP) is 7.05. The Morgan fingerprint density at radius 1 is 1.03 bits per heavy atom. The van der Waals surface area contributed by atoms with E-state index in [9.17, 15) is 4.79 Å². The number of ketones is 1. The molecule has 1 unspecified atom stereocenters. The van der Waals surface area contributed by atoms with E-state index in [2.05, 4.69) is 40.6 Å². The van der Waals surface area contributed by atoms with E-state index in [0.717, 1.165) is 31.1 Å². The minimum absolute atomic E-state index is 0.0269. The van der Waals surface area contributed by atoms with Crippen molar-refractivity contribution in [1.29, 1.82) is 0 Å². The number of thioether (sulfide) groups is 1. The maximum Gasteiger partial charge on any atom is 0.205 e. The lowest BCUT2D eigenvalue weighted by Gasteiger charge is -2.23. The standard InChI is InChI=1S/C27H24N2O2S2/c30-25(21-11-5-2-6-12-21)26-24(23-14-7-17-31-23)28-27(33-26)29(16-15-22-13-8-18-32-22)19-20-9-3-1-4-10-20/h1-12,14,17-18,22H,13,15-16,19H2. The van der Waals surface area contributed by atoms with Crippen molar-refractivity contribution in [3.05, 3.63) is 107 Å². The smallest absolute Gasteiger partial charge is 0.205 e. The molecule has 0 amide bonds. The molecule has 6 heteroatoms. The van der Waals surface area contributed by atoms with Crippen LogP contribution >= 0.6 is 23.1 Å². The van der Waals surface area contributed by atoms with Crippen LogP contribution in [0, 0.1) is 0 Å². The fraction of sp³-hybridized carbons (Fsp3) is 0.185. The molecule has 33 heavy (non-hydrogen) atoms. The Morgan fingerprint density at radius 2 is 1.82 bits per heavy atom. The molecule has 1 aliphatic rings. The first-order valence-corrected chi connectivity index (χ1v) is 12.8. The first-order valence-electron chi connectivity index (χ1n) is 11.0.